The lowest BCUT2D eigenvalue weighted by Crippen LogP contribution is -2.38. The normalized spacial score (nSPS) is 14.6. The fraction of sp³-hybridized carbons (Fsp3) is 0.400. The van der Waals surface area contributed by atoms with E-state index in [1.807, 2.05) is 44.6 Å². The summed E-state index contributed by atoms with van der Waals surface area (Å²) in [5.74, 6) is 1.94. The number of aromatic nitrogens is 1. The van der Waals surface area contributed by atoms with E-state index >= 15 is 0 Å². The van der Waals surface area contributed by atoms with Gasteiger partial charge in [-0.3, -0.25) is 4.99 Å². The van der Waals surface area contributed by atoms with Crippen LogP contribution in [-0.2, 0) is 13.1 Å². The molecule has 5 nitrogen and oxygen atoms in total. The zero-order valence-electron chi connectivity index (χ0n) is 15.5. The van der Waals surface area contributed by atoms with Crippen molar-refractivity contribution in [3.05, 3.63) is 58.7 Å². The number of nitrogens with zero attached hydrogens (tertiary/aromatic N) is 4. The molecule has 1 aliphatic rings. The minimum atomic E-state index is 0.723. The highest BCUT2D eigenvalue weighted by molar-refractivity contribution is 6.30. The fourth-order valence-corrected chi connectivity index (χ4v) is 3.32. The molecule has 2 heterocycles. The average molecular weight is 372 g/mol. The topological polar surface area (TPSA) is 43.8 Å². The van der Waals surface area contributed by atoms with Crippen LogP contribution >= 0.6 is 11.6 Å². The summed E-state index contributed by atoms with van der Waals surface area (Å²) in [5, 5.41) is 4.19. The molecule has 2 aromatic rings. The largest absolute Gasteiger partial charge is 0.357 e. The first kappa shape index (κ1) is 18.5. The molecule has 1 aromatic carbocycles. The predicted molar refractivity (Wildman–Crippen MR) is 109 cm³/mol. The summed E-state index contributed by atoms with van der Waals surface area (Å²) < 4.78 is 0. The second-order valence-electron chi connectivity index (χ2n) is 6.60. The Kier molecular flexibility index (Phi) is 6.34. The number of anilines is 1. The summed E-state index contributed by atoms with van der Waals surface area (Å²) in [7, 11) is 3.84. The van der Waals surface area contributed by atoms with Gasteiger partial charge in [-0.2, -0.15) is 0 Å². The van der Waals surface area contributed by atoms with Gasteiger partial charge in [0.2, 0.25) is 0 Å². The van der Waals surface area contributed by atoms with Crippen LogP contribution in [-0.4, -0.2) is 43.0 Å². The first-order valence-electron chi connectivity index (χ1n) is 9.02. The zero-order valence-corrected chi connectivity index (χ0v) is 16.2. The quantitative estimate of drug-likeness (QED) is 0.645. The van der Waals surface area contributed by atoms with Crippen LogP contribution in [0.15, 0.2) is 47.6 Å². The second kappa shape index (κ2) is 8.90. The maximum absolute atomic E-state index is 5.96. The molecule has 0 bridgehead atoms. The molecule has 1 fully saturated rings. The Bertz CT molecular complexity index is 738. The molecule has 0 unspecified atom stereocenters. The molecule has 3 rings (SSSR count). The van der Waals surface area contributed by atoms with Crippen molar-refractivity contribution in [2.45, 2.75) is 25.9 Å². The summed E-state index contributed by atoms with van der Waals surface area (Å²) in [6, 6.07) is 12.1. The molecule has 6 heteroatoms. The van der Waals surface area contributed by atoms with Gasteiger partial charge in [0.25, 0.3) is 0 Å². The minimum Gasteiger partial charge on any atom is -0.357 e. The molecule has 1 aromatic heterocycles. The minimum absolute atomic E-state index is 0.723. The van der Waals surface area contributed by atoms with Crippen LogP contribution in [0.3, 0.4) is 0 Å². The third-order valence-corrected chi connectivity index (χ3v) is 4.85. The summed E-state index contributed by atoms with van der Waals surface area (Å²) in [6.45, 7) is 3.71. The fourth-order valence-electron chi connectivity index (χ4n) is 3.19. The van der Waals surface area contributed by atoms with Crippen molar-refractivity contribution < 1.29 is 0 Å². The number of hydrogen-bond donors (Lipinski definition) is 1. The van der Waals surface area contributed by atoms with Crippen molar-refractivity contribution in [3.63, 3.8) is 0 Å². The molecule has 1 N–H and O–H groups in total. The van der Waals surface area contributed by atoms with Gasteiger partial charge in [-0.15, -0.1) is 0 Å². The van der Waals surface area contributed by atoms with Crippen LogP contribution in [0.1, 0.15) is 24.0 Å². The molecule has 0 radical (unpaired) electrons. The summed E-state index contributed by atoms with van der Waals surface area (Å²) in [5.41, 5.74) is 2.41. The van der Waals surface area contributed by atoms with Gasteiger partial charge < -0.3 is 15.1 Å². The predicted octanol–water partition coefficient (Wildman–Crippen LogP) is 3.54. The van der Waals surface area contributed by atoms with Crippen molar-refractivity contribution in [1.82, 2.24) is 15.2 Å². The van der Waals surface area contributed by atoms with E-state index in [2.05, 4.69) is 37.2 Å². The molecule has 138 valence electrons. The van der Waals surface area contributed by atoms with Gasteiger partial charge >= 0.3 is 0 Å². The lowest BCUT2D eigenvalue weighted by molar-refractivity contribution is 0.476. The summed E-state index contributed by atoms with van der Waals surface area (Å²) in [6.07, 6.45) is 4.41. The lowest BCUT2D eigenvalue weighted by atomic mass is 10.2. The zero-order chi connectivity index (χ0) is 18.4. The summed E-state index contributed by atoms with van der Waals surface area (Å²) in [4.78, 5) is 13.4. The molecule has 1 saturated heterocycles. The highest BCUT2D eigenvalue weighted by atomic mass is 35.5. The number of pyridine rings is 1. The Morgan fingerprint density at radius 2 is 1.92 bits per heavy atom. The van der Waals surface area contributed by atoms with E-state index in [-0.39, 0.29) is 0 Å². The number of rotatable bonds is 5. The molecule has 0 saturated carbocycles. The van der Waals surface area contributed by atoms with E-state index in [0.717, 1.165) is 43.0 Å². The molecule has 0 aliphatic carbocycles. The third kappa shape index (κ3) is 4.88. The first-order chi connectivity index (χ1) is 12.7. The van der Waals surface area contributed by atoms with Gasteiger partial charge in [-0.25, -0.2) is 4.98 Å². The Morgan fingerprint density at radius 3 is 2.62 bits per heavy atom. The molecular formula is C20H26ClN5. The van der Waals surface area contributed by atoms with Crippen molar-refractivity contribution in [2.24, 2.45) is 4.99 Å². The number of aliphatic imine (C=N–C) groups is 1. The molecule has 0 spiro atoms. The Morgan fingerprint density at radius 1 is 1.19 bits per heavy atom. The number of guanidine groups is 1. The average Bonchev–Trinajstić information content (AvgIpc) is 3.19. The van der Waals surface area contributed by atoms with Crippen LogP contribution in [0, 0.1) is 0 Å². The van der Waals surface area contributed by atoms with Crippen LogP contribution in [0.5, 0.6) is 0 Å². The van der Waals surface area contributed by atoms with E-state index in [1.165, 1.54) is 24.0 Å². The van der Waals surface area contributed by atoms with Gasteiger partial charge in [0, 0.05) is 51.5 Å². The Balaban J connectivity index is 1.58. The maximum atomic E-state index is 5.96. The number of hydrogen-bond acceptors (Lipinski definition) is 3. The lowest BCUT2D eigenvalue weighted by Gasteiger charge is -2.22. The Hall–Kier alpha value is -2.27. The van der Waals surface area contributed by atoms with E-state index in [9.17, 15) is 0 Å². The van der Waals surface area contributed by atoms with Crippen molar-refractivity contribution >= 4 is 23.4 Å². The van der Waals surface area contributed by atoms with Crippen LogP contribution in [0.2, 0.25) is 5.02 Å². The van der Waals surface area contributed by atoms with E-state index < -0.39 is 0 Å². The monoisotopic (exact) mass is 371 g/mol. The summed E-state index contributed by atoms with van der Waals surface area (Å²) >= 11 is 5.96. The molecule has 26 heavy (non-hydrogen) atoms. The molecule has 0 atom stereocenters. The standard InChI is InChI=1S/C20H26ClN5/c1-22-20(25(2)15-16-5-7-18(21)8-6-16)24-14-17-9-10-23-19(13-17)26-11-3-4-12-26/h5-10,13H,3-4,11-12,14-15H2,1-2H3,(H,22,24). The van der Waals surface area contributed by atoms with Gasteiger partial charge in [0.05, 0.1) is 0 Å². The highest BCUT2D eigenvalue weighted by Gasteiger charge is 2.14. The second-order valence-corrected chi connectivity index (χ2v) is 7.04. The number of benzene rings is 1. The van der Waals surface area contributed by atoms with Gasteiger partial charge in [-0.1, -0.05) is 23.7 Å². The van der Waals surface area contributed by atoms with Crippen molar-refractivity contribution in [1.29, 1.82) is 0 Å². The molecular weight excluding hydrogens is 346 g/mol. The van der Waals surface area contributed by atoms with Crippen molar-refractivity contribution in [2.75, 3.05) is 32.1 Å². The number of nitrogens with one attached hydrogen (secondary N) is 1. The smallest absolute Gasteiger partial charge is 0.193 e. The first-order valence-corrected chi connectivity index (χ1v) is 9.39. The Labute approximate surface area is 160 Å². The maximum Gasteiger partial charge on any atom is 0.193 e. The van der Waals surface area contributed by atoms with Crippen LogP contribution in [0.25, 0.3) is 0 Å². The highest BCUT2D eigenvalue weighted by Crippen LogP contribution is 2.18. The van der Waals surface area contributed by atoms with Crippen molar-refractivity contribution in [3.8, 4) is 0 Å². The van der Waals surface area contributed by atoms with E-state index in [0.29, 0.717) is 0 Å². The molecule has 0 amide bonds. The van der Waals surface area contributed by atoms with Crippen LogP contribution in [0.4, 0.5) is 5.82 Å². The third-order valence-electron chi connectivity index (χ3n) is 4.60. The van der Waals surface area contributed by atoms with Gasteiger partial charge in [0.15, 0.2) is 5.96 Å². The molecule has 1 aliphatic heterocycles. The van der Waals surface area contributed by atoms with Crippen LogP contribution < -0.4 is 10.2 Å². The van der Waals surface area contributed by atoms with Gasteiger partial charge in [-0.05, 0) is 48.2 Å². The van der Waals surface area contributed by atoms with E-state index in [4.69, 9.17) is 11.6 Å². The SMILES string of the molecule is CN=C(NCc1ccnc(N2CCCC2)c1)N(C)Cc1ccc(Cl)cc1. The van der Waals surface area contributed by atoms with E-state index in [1.54, 1.807) is 0 Å². The number of halogens is 1. The van der Waals surface area contributed by atoms with Gasteiger partial charge in [0.1, 0.15) is 5.82 Å².